The predicted octanol–water partition coefficient (Wildman–Crippen LogP) is 2.93. The molecule has 0 heterocycles. The molecule has 0 bridgehead atoms. The maximum absolute atomic E-state index is 12.4. The van der Waals surface area contributed by atoms with Crippen LogP contribution in [0.4, 0.5) is 5.69 Å². The number of nitrogens with one attached hydrogen (secondary N) is 2. The zero-order chi connectivity index (χ0) is 15.3. The lowest BCUT2D eigenvalue weighted by molar-refractivity contribution is 0.601. The fourth-order valence-electron chi connectivity index (χ4n) is 1.93. The van der Waals surface area contributed by atoms with Gasteiger partial charge in [0.1, 0.15) is 0 Å². The standard InChI is InChI=1S/C15H18N2O2S2/c1-16-11-12-5-3-8-15(9-12)21(18,19)17-13-6-4-7-14(10-13)20-2/h3-10,16-17H,11H2,1-2H3. The minimum Gasteiger partial charge on any atom is -0.316 e. The molecule has 112 valence electrons. The molecule has 0 aliphatic heterocycles. The number of sulfonamides is 1. The van der Waals surface area contributed by atoms with E-state index in [1.54, 1.807) is 36.0 Å². The van der Waals surface area contributed by atoms with Crippen molar-refractivity contribution >= 4 is 27.5 Å². The van der Waals surface area contributed by atoms with Crippen molar-refractivity contribution < 1.29 is 8.42 Å². The molecule has 0 fully saturated rings. The number of hydrogen-bond donors (Lipinski definition) is 2. The van der Waals surface area contributed by atoms with Crippen LogP contribution in [0.15, 0.2) is 58.3 Å². The third kappa shape index (κ3) is 4.23. The number of hydrogen-bond acceptors (Lipinski definition) is 4. The van der Waals surface area contributed by atoms with Crippen LogP contribution in [0.3, 0.4) is 0 Å². The number of thioether (sulfide) groups is 1. The molecule has 0 unspecified atom stereocenters. The maximum Gasteiger partial charge on any atom is 0.261 e. The summed E-state index contributed by atoms with van der Waals surface area (Å²) in [5.41, 5.74) is 1.50. The molecule has 0 saturated heterocycles. The van der Waals surface area contributed by atoms with Gasteiger partial charge < -0.3 is 5.32 Å². The van der Waals surface area contributed by atoms with Crippen molar-refractivity contribution in [2.45, 2.75) is 16.3 Å². The second-order valence-electron chi connectivity index (χ2n) is 4.52. The van der Waals surface area contributed by atoms with E-state index in [4.69, 9.17) is 0 Å². The first-order valence-electron chi connectivity index (χ1n) is 6.45. The molecule has 0 aliphatic carbocycles. The summed E-state index contributed by atoms with van der Waals surface area (Å²) in [6.45, 7) is 0.630. The molecule has 0 aromatic heterocycles. The van der Waals surface area contributed by atoms with Crippen LogP contribution >= 0.6 is 11.8 Å². The van der Waals surface area contributed by atoms with E-state index < -0.39 is 10.0 Å². The van der Waals surface area contributed by atoms with Crippen LogP contribution in [0.2, 0.25) is 0 Å². The first-order valence-corrected chi connectivity index (χ1v) is 9.16. The number of rotatable bonds is 6. The zero-order valence-corrected chi connectivity index (χ0v) is 13.6. The van der Waals surface area contributed by atoms with Crippen LogP contribution in [0, 0.1) is 0 Å². The molecule has 2 N–H and O–H groups in total. The van der Waals surface area contributed by atoms with E-state index in [1.807, 2.05) is 37.6 Å². The van der Waals surface area contributed by atoms with Gasteiger partial charge in [0.2, 0.25) is 0 Å². The zero-order valence-electron chi connectivity index (χ0n) is 12.0. The van der Waals surface area contributed by atoms with Crippen molar-refractivity contribution in [3.05, 3.63) is 54.1 Å². The molecule has 0 aliphatic rings. The van der Waals surface area contributed by atoms with E-state index in [9.17, 15) is 8.42 Å². The lowest BCUT2D eigenvalue weighted by Gasteiger charge is -2.10. The van der Waals surface area contributed by atoms with Gasteiger partial charge in [-0.1, -0.05) is 18.2 Å². The molecule has 21 heavy (non-hydrogen) atoms. The Kier molecular flexibility index (Phi) is 5.27. The van der Waals surface area contributed by atoms with Gasteiger partial charge in [0.05, 0.1) is 4.90 Å². The van der Waals surface area contributed by atoms with Crippen LogP contribution in [-0.2, 0) is 16.6 Å². The molecule has 0 radical (unpaired) electrons. The van der Waals surface area contributed by atoms with E-state index in [2.05, 4.69) is 10.0 Å². The van der Waals surface area contributed by atoms with Gasteiger partial charge in [-0.15, -0.1) is 11.8 Å². The van der Waals surface area contributed by atoms with Crippen LogP contribution in [-0.4, -0.2) is 21.7 Å². The molecule has 2 aromatic rings. The van der Waals surface area contributed by atoms with E-state index in [1.165, 1.54) is 0 Å². The van der Waals surface area contributed by atoms with E-state index >= 15 is 0 Å². The van der Waals surface area contributed by atoms with Gasteiger partial charge in [0.25, 0.3) is 10.0 Å². The van der Waals surface area contributed by atoms with Gasteiger partial charge in [-0.3, -0.25) is 4.72 Å². The summed E-state index contributed by atoms with van der Waals surface area (Å²) >= 11 is 1.57. The summed E-state index contributed by atoms with van der Waals surface area (Å²) in [5.74, 6) is 0. The second-order valence-corrected chi connectivity index (χ2v) is 7.08. The first-order chi connectivity index (χ1) is 10.0. The molecule has 2 rings (SSSR count). The predicted molar refractivity (Wildman–Crippen MR) is 88.2 cm³/mol. The molecule has 0 saturated carbocycles. The normalized spacial score (nSPS) is 11.3. The molecule has 0 amide bonds. The number of anilines is 1. The minimum absolute atomic E-state index is 0.268. The Morgan fingerprint density at radius 2 is 1.86 bits per heavy atom. The SMILES string of the molecule is CNCc1cccc(S(=O)(=O)Nc2cccc(SC)c2)c1. The summed E-state index contributed by atoms with van der Waals surface area (Å²) in [5, 5.41) is 3.01. The summed E-state index contributed by atoms with van der Waals surface area (Å²) in [6.07, 6.45) is 1.95. The van der Waals surface area contributed by atoms with Gasteiger partial charge in [0, 0.05) is 17.1 Å². The summed E-state index contributed by atoms with van der Waals surface area (Å²) in [6, 6.07) is 14.3. The van der Waals surface area contributed by atoms with Crippen molar-refractivity contribution in [2.75, 3.05) is 18.0 Å². The highest BCUT2D eigenvalue weighted by Crippen LogP contribution is 2.22. The third-order valence-corrected chi connectivity index (χ3v) is 5.02. The lowest BCUT2D eigenvalue weighted by atomic mass is 10.2. The summed E-state index contributed by atoms with van der Waals surface area (Å²) in [7, 11) is -1.74. The molecule has 4 nitrogen and oxygen atoms in total. The molecule has 0 spiro atoms. The molecular weight excluding hydrogens is 304 g/mol. The van der Waals surface area contributed by atoms with Crippen molar-refractivity contribution in [1.82, 2.24) is 5.32 Å². The highest BCUT2D eigenvalue weighted by molar-refractivity contribution is 7.98. The fraction of sp³-hybridized carbons (Fsp3) is 0.200. The average Bonchev–Trinajstić information content (AvgIpc) is 2.48. The molecule has 0 atom stereocenters. The Balaban J connectivity index is 2.27. The Hall–Kier alpha value is -1.50. The number of benzene rings is 2. The van der Waals surface area contributed by atoms with Crippen LogP contribution in [0.1, 0.15) is 5.56 Å². The maximum atomic E-state index is 12.4. The Bertz CT molecular complexity index is 715. The van der Waals surface area contributed by atoms with Crippen molar-refractivity contribution in [1.29, 1.82) is 0 Å². The van der Waals surface area contributed by atoms with Gasteiger partial charge in [-0.2, -0.15) is 0 Å². The van der Waals surface area contributed by atoms with Gasteiger partial charge in [-0.05, 0) is 49.2 Å². The van der Waals surface area contributed by atoms with Crippen LogP contribution in [0.25, 0.3) is 0 Å². The van der Waals surface area contributed by atoms with Gasteiger partial charge in [0.15, 0.2) is 0 Å². The smallest absolute Gasteiger partial charge is 0.261 e. The fourth-order valence-corrected chi connectivity index (χ4v) is 3.51. The monoisotopic (exact) mass is 322 g/mol. The van der Waals surface area contributed by atoms with Crippen LogP contribution < -0.4 is 10.0 Å². The third-order valence-electron chi connectivity index (χ3n) is 2.91. The Labute approximate surface area is 130 Å². The average molecular weight is 322 g/mol. The van der Waals surface area contributed by atoms with Gasteiger partial charge >= 0.3 is 0 Å². The summed E-state index contributed by atoms with van der Waals surface area (Å²) in [4.78, 5) is 1.28. The van der Waals surface area contributed by atoms with Crippen molar-refractivity contribution in [2.24, 2.45) is 0 Å². The first kappa shape index (κ1) is 15.9. The van der Waals surface area contributed by atoms with Gasteiger partial charge in [-0.25, -0.2) is 8.42 Å². The Morgan fingerprint density at radius 3 is 2.57 bits per heavy atom. The van der Waals surface area contributed by atoms with E-state index in [-0.39, 0.29) is 4.90 Å². The van der Waals surface area contributed by atoms with E-state index in [0.717, 1.165) is 10.5 Å². The molecule has 2 aromatic carbocycles. The highest BCUT2D eigenvalue weighted by atomic mass is 32.2. The molecule has 6 heteroatoms. The minimum atomic E-state index is -3.57. The lowest BCUT2D eigenvalue weighted by Crippen LogP contribution is -2.14. The highest BCUT2D eigenvalue weighted by Gasteiger charge is 2.14. The van der Waals surface area contributed by atoms with Crippen LogP contribution in [0.5, 0.6) is 0 Å². The topological polar surface area (TPSA) is 58.2 Å². The van der Waals surface area contributed by atoms with Crippen molar-refractivity contribution in [3.63, 3.8) is 0 Å². The van der Waals surface area contributed by atoms with Crippen molar-refractivity contribution in [3.8, 4) is 0 Å². The second kappa shape index (κ2) is 6.98. The van der Waals surface area contributed by atoms with E-state index in [0.29, 0.717) is 12.2 Å². The quantitative estimate of drug-likeness (QED) is 0.803. The largest absolute Gasteiger partial charge is 0.316 e. The summed E-state index contributed by atoms with van der Waals surface area (Å²) < 4.78 is 27.5. The Morgan fingerprint density at radius 1 is 1.10 bits per heavy atom. The molecular formula is C15H18N2O2S2.